The summed E-state index contributed by atoms with van der Waals surface area (Å²) in [5, 5.41) is 11.0. The molecule has 0 aromatic heterocycles. The van der Waals surface area contributed by atoms with Gasteiger partial charge in [0.15, 0.2) is 5.78 Å². The third-order valence-electron chi connectivity index (χ3n) is 6.11. The highest BCUT2D eigenvalue weighted by Gasteiger charge is 2.45. The van der Waals surface area contributed by atoms with Gasteiger partial charge in [0, 0.05) is 11.3 Å². The Morgan fingerprint density at radius 3 is 2.44 bits per heavy atom. The van der Waals surface area contributed by atoms with Crippen LogP contribution in [0.15, 0.2) is 30.3 Å². The number of benzene rings is 1. The van der Waals surface area contributed by atoms with Crippen molar-refractivity contribution in [2.45, 2.75) is 47.0 Å². The van der Waals surface area contributed by atoms with Gasteiger partial charge in [-0.05, 0) is 44.4 Å². The lowest BCUT2D eigenvalue weighted by atomic mass is 9.67. The molecule has 1 aromatic rings. The summed E-state index contributed by atoms with van der Waals surface area (Å²) < 4.78 is 0. The monoisotopic (exact) mass is 342 g/mol. The molecule has 0 saturated heterocycles. The number of amides is 1. The van der Waals surface area contributed by atoms with Crippen molar-refractivity contribution >= 4 is 17.4 Å². The third kappa shape index (κ3) is 4.17. The third-order valence-corrected chi connectivity index (χ3v) is 6.11. The minimum absolute atomic E-state index is 0.0283. The summed E-state index contributed by atoms with van der Waals surface area (Å²) in [4.78, 5) is 25.2. The molecule has 25 heavy (non-hydrogen) atoms. The summed E-state index contributed by atoms with van der Waals surface area (Å²) >= 11 is 0. The van der Waals surface area contributed by atoms with Gasteiger partial charge in [-0.25, -0.2) is 0 Å². The second-order valence-corrected chi connectivity index (χ2v) is 7.77. The van der Waals surface area contributed by atoms with E-state index in [9.17, 15) is 9.59 Å². The molecule has 1 amide bonds. The van der Waals surface area contributed by atoms with E-state index < -0.39 is 5.41 Å². The van der Waals surface area contributed by atoms with Crippen molar-refractivity contribution < 1.29 is 9.59 Å². The number of carbonyl (C=O) groups is 2. The van der Waals surface area contributed by atoms with E-state index in [2.05, 4.69) is 19.2 Å². The van der Waals surface area contributed by atoms with Gasteiger partial charge in [-0.3, -0.25) is 9.59 Å². The van der Waals surface area contributed by atoms with E-state index in [-0.39, 0.29) is 24.2 Å². The fraction of sp³-hybridized carbons (Fsp3) is 0.571. The van der Waals surface area contributed by atoms with Crippen molar-refractivity contribution in [3.05, 3.63) is 35.9 Å². The van der Waals surface area contributed by atoms with E-state index >= 15 is 0 Å². The zero-order valence-corrected chi connectivity index (χ0v) is 15.8. The highest BCUT2D eigenvalue weighted by molar-refractivity contribution is 6.08. The molecule has 4 atom stereocenters. The highest BCUT2D eigenvalue weighted by Crippen LogP contribution is 2.43. The molecule has 4 heteroatoms. The average Bonchev–Trinajstić information content (AvgIpc) is 3.04. The predicted octanol–water partition coefficient (Wildman–Crippen LogP) is 4.10. The van der Waals surface area contributed by atoms with Crippen LogP contribution in [0.25, 0.3) is 0 Å². The fourth-order valence-electron chi connectivity index (χ4n) is 3.97. The predicted molar refractivity (Wildman–Crippen MR) is 101 cm³/mol. The minimum Gasteiger partial charge on any atom is -0.348 e. The molecule has 2 N–H and O–H groups in total. The number of nitrogens with one attached hydrogen (secondary N) is 2. The summed E-state index contributed by atoms with van der Waals surface area (Å²) in [5.74, 6) is 0.903. The van der Waals surface area contributed by atoms with Gasteiger partial charge >= 0.3 is 0 Å². The molecule has 136 valence electrons. The van der Waals surface area contributed by atoms with Gasteiger partial charge in [-0.15, -0.1) is 0 Å². The van der Waals surface area contributed by atoms with Crippen LogP contribution in [0, 0.1) is 28.6 Å². The number of ketones is 1. The van der Waals surface area contributed by atoms with E-state index in [1.807, 2.05) is 25.1 Å². The maximum Gasteiger partial charge on any atom is 0.232 e. The van der Waals surface area contributed by atoms with Crippen LogP contribution in [0.3, 0.4) is 0 Å². The molecule has 1 fully saturated rings. The van der Waals surface area contributed by atoms with Gasteiger partial charge in [0.25, 0.3) is 0 Å². The summed E-state index contributed by atoms with van der Waals surface area (Å²) in [6.45, 7) is 7.86. The van der Waals surface area contributed by atoms with Gasteiger partial charge in [-0.1, -0.05) is 50.6 Å². The number of hydrogen-bond acceptors (Lipinski definition) is 3. The molecule has 0 heterocycles. The number of hydrogen-bond donors (Lipinski definition) is 2. The molecule has 0 spiro atoms. The minimum atomic E-state index is -0.869. The van der Waals surface area contributed by atoms with Crippen LogP contribution in [-0.2, 0) is 4.79 Å². The van der Waals surface area contributed by atoms with E-state index in [0.29, 0.717) is 23.1 Å². The van der Waals surface area contributed by atoms with Crippen LogP contribution in [0.1, 0.15) is 57.3 Å². The second kappa shape index (κ2) is 7.94. The summed E-state index contributed by atoms with van der Waals surface area (Å²) in [7, 11) is 0. The molecular weight excluding hydrogens is 312 g/mol. The van der Waals surface area contributed by atoms with Crippen molar-refractivity contribution in [3.8, 4) is 0 Å². The Kier molecular flexibility index (Phi) is 6.15. The first kappa shape index (κ1) is 19.4. The number of Topliss-reactive ketones (excluding diaryl/α,β-unsaturated/α-hetero) is 1. The fourth-order valence-corrected chi connectivity index (χ4v) is 3.97. The SMILES string of the molecule is CC(=N)C(C)(C(=O)NCC(=O)c1ccccc1)C(C)C1CCC(C)C1. The molecule has 4 nitrogen and oxygen atoms in total. The Morgan fingerprint density at radius 2 is 1.92 bits per heavy atom. The molecule has 0 aliphatic heterocycles. The van der Waals surface area contributed by atoms with Gasteiger partial charge < -0.3 is 10.7 Å². The largest absolute Gasteiger partial charge is 0.348 e. The first-order valence-corrected chi connectivity index (χ1v) is 9.19. The van der Waals surface area contributed by atoms with Crippen molar-refractivity contribution in [3.63, 3.8) is 0 Å². The van der Waals surface area contributed by atoms with Crippen molar-refractivity contribution in [1.82, 2.24) is 5.32 Å². The van der Waals surface area contributed by atoms with Crippen LogP contribution in [0.5, 0.6) is 0 Å². The maximum atomic E-state index is 12.9. The maximum absolute atomic E-state index is 12.9. The standard InChI is InChI=1S/C21H30N2O2/c1-14-10-11-18(12-14)15(2)21(4,16(3)22)20(25)23-13-19(24)17-8-6-5-7-9-17/h5-9,14-15,18,22H,10-13H2,1-4H3,(H,23,25). The smallest absolute Gasteiger partial charge is 0.232 e. The molecule has 1 aromatic carbocycles. The van der Waals surface area contributed by atoms with E-state index in [1.165, 1.54) is 6.42 Å². The van der Waals surface area contributed by atoms with Crippen molar-refractivity contribution in [2.24, 2.45) is 23.2 Å². The summed E-state index contributed by atoms with van der Waals surface area (Å²) in [5.41, 5.74) is 0.0871. The summed E-state index contributed by atoms with van der Waals surface area (Å²) in [6.07, 6.45) is 3.41. The lowest BCUT2D eigenvalue weighted by molar-refractivity contribution is -0.129. The zero-order valence-electron chi connectivity index (χ0n) is 15.8. The Labute approximate surface area is 150 Å². The van der Waals surface area contributed by atoms with Crippen LogP contribution in [0.2, 0.25) is 0 Å². The molecule has 1 saturated carbocycles. The molecular formula is C21H30N2O2. The molecule has 0 radical (unpaired) electrons. The van der Waals surface area contributed by atoms with Crippen LogP contribution in [-0.4, -0.2) is 23.9 Å². The highest BCUT2D eigenvalue weighted by atomic mass is 16.2. The number of rotatable bonds is 7. The quantitative estimate of drug-likeness (QED) is 0.578. The first-order chi connectivity index (χ1) is 11.8. The van der Waals surface area contributed by atoms with Gasteiger partial charge in [0.1, 0.15) is 0 Å². The Hall–Kier alpha value is -1.97. The molecule has 0 bridgehead atoms. The molecule has 2 rings (SSSR count). The van der Waals surface area contributed by atoms with Crippen LogP contribution in [0.4, 0.5) is 0 Å². The van der Waals surface area contributed by atoms with Crippen molar-refractivity contribution in [2.75, 3.05) is 6.54 Å². The van der Waals surface area contributed by atoms with Crippen LogP contribution < -0.4 is 5.32 Å². The second-order valence-electron chi connectivity index (χ2n) is 7.77. The lowest BCUT2D eigenvalue weighted by Gasteiger charge is -2.37. The molecule has 4 unspecified atom stereocenters. The topological polar surface area (TPSA) is 70.0 Å². The average molecular weight is 342 g/mol. The van der Waals surface area contributed by atoms with Gasteiger partial charge in [0.2, 0.25) is 5.91 Å². The Morgan fingerprint density at radius 1 is 1.28 bits per heavy atom. The molecule has 1 aliphatic rings. The normalized spacial score (nSPS) is 23.5. The Balaban J connectivity index is 2.07. The number of carbonyl (C=O) groups excluding carboxylic acids is 2. The lowest BCUT2D eigenvalue weighted by Crippen LogP contribution is -2.50. The van der Waals surface area contributed by atoms with Crippen LogP contribution >= 0.6 is 0 Å². The van der Waals surface area contributed by atoms with Crippen molar-refractivity contribution in [1.29, 1.82) is 5.41 Å². The zero-order chi connectivity index (χ0) is 18.6. The van der Waals surface area contributed by atoms with Gasteiger partial charge in [0.05, 0.1) is 12.0 Å². The first-order valence-electron chi connectivity index (χ1n) is 9.19. The summed E-state index contributed by atoms with van der Waals surface area (Å²) in [6, 6.07) is 8.97. The Bertz CT molecular complexity index is 641. The van der Waals surface area contributed by atoms with E-state index in [1.54, 1.807) is 19.1 Å². The molecule has 1 aliphatic carbocycles. The van der Waals surface area contributed by atoms with E-state index in [0.717, 1.165) is 12.8 Å². The van der Waals surface area contributed by atoms with E-state index in [4.69, 9.17) is 5.41 Å². The van der Waals surface area contributed by atoms with Gasteiger partial charge in [-0.2, -0.15) is 0 Å².